The van der Waals surface area contributed by atoms with Crippen LogP contribution in [0.1, 0.15) is 22.8 Å². The van der Waals surface area contributed by atoms with Crippen LogP contribution in [0.2, 0.25) is 5.02 Å². The second-order valence-corrected chi connectivity index (χ2v) is 10.9. The lowest BCUT2D eigenvalue weighted by Crippen LogP contribution is -2.49. The quantitative estimate of drug-likeness (QED) is 0.276. The molecule has 3 aromatic rings. The molecule has 0 radical (unpaired) electrons. The Kier molecular flexibility index (Phi) is 7.01. The van der Waals surface area contributed by atoms with Gasteiger partial charge in [-0.3, -0.25) is 4.79 Å². The molecule has 1 N–H and O–H groups in total. The van der Waals surface area contributed by atoms with Crippen molar-refractivity contribution in [3.8, 4) is 29.4 Å². The van der Waals surface area contributed by atoms with Crippen LogP contribution in [0.4, 0.5) is 23.8 Å². The molecule has 0 fully saturated rings. The summed E-state index contributed by atoms with van der Waals surface area (Å²) < 4.78 is 89.2. The van der Waals surface area contributed by atoms with Crippen molar-refractivity contribution < 1.29 is 38.1 Å². The lowest BCUT2D eigenvalue weighted by molar-refractivity contribution is 0.0900. The summed E-state index contributed by atoms with van der Waals surface area (Å²) in [6.45, 7) is 0.695. The number of ether oxygens (including phenoxy) is 2. The molecule has 0 spiro atoms. The number of hydrogen-bond donors (Lipinski definition) is 1. The van der Waals surface area contributed by atoms with Gasteiger partial charge in [0.25, 0.3) is 5.91 Å². The molecular formula is C24H16ClF6N3O3S. The summed E-state index contributed by atoms with van der Waals surface area (Å²) in [5, 5.41) is 21.0. The fourth-order valence-corrected chi connectivity index (χ4v) is 3.81. The van der Waals surface area contributed by atoms with E-state index in [1.807, 2.05) is 6.07 Å². The Labute approximate surface area is 217 Å². The normalized spacial score (nSPS) is 14.6. The van der Waals surface area contributed by atoms with Crippen LogP contribution in [0.15, 0.2) is 65.6 Å². The minimum atomic E-state index is -9.92. The van der Waals surface area contributed by atoms with E-state index in [-0.39, 0.29) is 40.0 Å². The average molecular weight is 576 g/mol. The molecule has 0 heterocycles. The predicted molar refractivity (Wildman–Crippen MR) is 127 cm³/mol. The van der Waals surface area contributed by atoms with Gasteiger partial charge in [0.15, 0.2) is 17.0 Å². The minimum absolute atomic E-state index is 0.0238. The van der Waals surface area contributed by atoms with Crippen LogP contribution in [0.3, 0.4) is 0 Å². The molecule has 14 heteroatoms. The number of nitriles is 2. The van der Waals surface area contributed by atoms with Gasteiger partial charge in [-0.2, -0.15) is 10.5 Å². The van der Waals surface area contributed by atoms with Gasteiger partial charge in [0, 0.05) is 11.6 Å². The van der Waals surface area contributed by atoms with Gasteiger partial charge in [0.2, 0.25) is 0 Å². The molecule has 0 saturated carbocycles. The third kappa shape index (κ3) is 7.03. The Morgan fingerprint density at radius 1 is 0.974 bits per heavy atom. The highest BCUT2D eigenvalue weighted by Crippen LogP contribution is 3.02. The Hall–Kier alpha value is -4.07. The Morgan fingerprint density at radius 2 is 1.61 bits per heavy atom. The molecule has 1 atom stereocenters. The zero-order valence-electron chi connectivity index (χ0n) is 19.2. The number of nitrogens with one attached hydrogen (secondary N) is 1. The molecule has 200 valence electrons. The number of nitrogens with zero attached hydrogens (tertiary/aromatic N) is 2. The molecule has 3 rings (SSSR count). The maximum Gasteiger partial charge on any atom is 0.310 e. The highest BCUT2D eigenvalue weighted by molar-refractivity contribution is 8.45. The van der Waals surface area contributed by atoms with Gasteiger partial charge in [0.1, 0.15) is 23.1 Å². The van der Waals surface area contributed by atoms with Crippen LogP contribution >= 0.6 is 21.8 Å². The van der Waals surface area contributed by atoms with Crippen molar-refractivity contribution in [1.82, 2.24) is 5.32 Å². The molecule has 38 heavy (non-hydrogen) atoms. The van der Waals surface area contributed by atoms with Crippen molar-refractivity contribution in [2.45, 2.75) is 17.4 Å². The third-order valence-corrected chi connectivity index (χ3v) is 6.36. The van der Waals surface area contributed by atoms with E-state index in [1.165, 1.54) is 31.2 Å². The van der Waals surface area contributed by atoms with E-state index in [9.17, 15) is 39.1 Å². The number of carbonyl (C=O) groups excluding carboxylic acids is 1. The molecule has 0 aliphatic carbocycles. The first kappa shape index (κ1) is 28.5. The van der Waals surface area contributed by atoms with Crippen LogP contribution in [0.25, 0.3) is 0 Å². The highest BCUT2D eigenvalue weighted by Gasteiger charge is 2.65. The Balaban J connectivity index is 1.80. The van der Waals surface area contributed by atoms with Crippen LogP contribution in [-0.4, -0.2) is 18.1 Å². The van der Waals surface area contributed by atoms with Gasteiger partial charge < -0.3 is 14.8 Å². The average Bonchev–Trinajstić information content (AvgIpc) is 2.83. The summed E-state index contributed by atoms with van der Waals surface area (Å²) in [6, 6.07) is 12.3. The maximum absolute atomic E-state index is 13.3. The predicted octanol–water partition coefficient (Wildman–Crippen LogP) is 7.89. The molecular weight excluding hydrogens is 560 g/mol. The first-order chi connectivity index (χ1) is 17.4. The molecule has 1 amide bonds. The highest BCUT2D eigenvalue weighted by atomic mass is 35.5. The minimum Gasteiger partial charge on any atom is -0.486 e. The Bertz CT molecular complexity index is 1490. The SMILES string of the molecule is C[C@@](C#N)(COc1cc(C#N)ccc1Oc1ccc(F)cc1Cl)NC(=O)c1ccc(S(F)(F)(F)(F)F)cc1. The van der Waals surface area contributed by atoms with Crippen LogP contribution in [-0.2, 0) is 0 Å². The van der Waals surface area contributed by atoms with Crippen molar-refractivity contribution in [2.75, 3.05) is 6.61 Å². The summed E-state index contributed by atoms with van der Waals surface area (Å²) in [7, 11) is -9.92. The first-order valence-electron chi connectivity index (χ1n) is 10.3. The molecule has 0 bridgehead atoms. The standard InChI is InChI=1S/C24H16ClF6N3O3S/c1-24(13-33,34-23(35)16-3-6-18(7-4-16)38(27,28,29,30)31)14-36-22-10-15(12-32)2-8-21(22)37-20-9-5-17(26)11-19(20)25/h2-11H,14H2,1H3,(H,34,35)/t24-/m1/s1. The van der Waals surface area contributed by atoms with Crippen molar-refractivity contribution in [1.29, 1.82) is 10.5 Å². The van der Waals surface area contributed by atoms with Crippen molar-refractivity contribution in [2.24, 2.45) is 0 Å². The van der Waals surface area contributed by atoms with Gasteiger partial charge >= 0.3 is 10.2 Å². The summed E-state index contributed by atoms with van der Waals surface area (Å²) in [5.41, 5.74) is -2.05. The second kappa shape index (κ2) is 9.35. The van der Waals surface area contributed by atoms with E-state index >= 15 is 0 Å². The van der Waals surface area contributed by atoms with Crippen LogP contribution in [0.5, 0.6) is 17.2 Å². The number of hydrogen-bond acceptors (Lipinski definition) is 5. The van der Waals surface area contributed by atoms with Gasteiger partial charge in [-0.1, -0.05) is 31.0 Å². The first-order valence-corrected chi connectivity index (χ1v) is 12.6. The second-order valence-electron chi connectivity index (χ2n) is 8.13. The van der Waals surface area contributed by atoms with Crippen molar-refractivity contribution in [3.63, 3.8) is 0 Å². The van der Waals surface area contributed by atoms with E-state index in [2.05, 4.69) is 5.32 Å². The Morgan fingerprint density at radius 3 is 2.16 bits per heavy atom. The molecule has 0 aromatic heterocycles. The van der Waals surface area contributed by atoms with E-state index in [1.54, 1.807) is 6.07 Å². The zero-order valence-corrected chi connectivity index (χ0v) is 20.7. The fraction of sp³-hybridized carbons (Fsp3) is 0.125. The van der Waals surface area contributed by atoms with Crippen LogP contribution < -0.4 is 14.8 Å². The summed E-state index contributed by atoms with van der Waals surface area (Å²) in [5.74, 6) is -1.63. The van der Waals surface area contributed by atoms with E-state index in [0.29, 0.717) is 12.1 Å². The number of benzene rings is 3. The fourth-order valence-electron chi connectivity index (χ4n) is 2.96. The number of rotatable bonds is 8. The number of amides is 1. The number of halogens is 7. The lowest BCUT2D eigenvalue weighted by Gasteiger charge is -2.40. The topological polar surface area (TPSA) is 95.1 Å². The molecule has 0 unspecified atom stereocenters. The molecule has 0 aliphatic heterocycles. The molecule has 3 aromatic carbocycles. The molecule has 0 saturated heterocycles. The maximum atomic E-state index is 13.3. The van der Waals surface area contributed by atoms with E-state index < -0.39 is 44.6 Å². The van der Waals surface area contributed by atoms with E-state index in [4.69, 9.17) is 21.1 Å². The number of carbonyl (C=O) groups is 1. The summed E-state index contributed by atoms with van der Waals surface area (Å²) >= 11 is 5.98. The van der Waals surface area contributed by atoms with Gasteiger partial charge in [-0.15, -0.1) is 0 Å². The lowest BCUT2D eigenvalue weighted by atomic mass is 10.0. The van der Waals surface area contributed by atoms with Crippen molar-refractivity contribution >= 4 is 27.7 Å². The monoisotopic (exact) mass is 575 g/mol. The van der Waals surface area contributed by atoms with Crippen molar-refractivity contribution in [3.05, 3.63) is 82.6 Å². The molecule has 6 nitrogen and oxygen atoms in total. The smallest absolute Gasteiger partial charge is 0.310 e. The van der Waals surface area contributed by atoms with E-state index in [0.717, 1.165) is 12.1 Å². The largest absolute Gasteiger partial charge is 0.486 e. The third-order valence-electron chi connectivity index (χ3n) is 4.90. The zero-order chi connectivity index (χ0) is 28.4. The van der Waals surface area contributed by atoms with Gasteiger partial charge in [-0.05, 0) is 61.5 Å². The van der Waals surface area contributed by atoms with Gasteiger partial charge in [-0.25, -0.2) is 4.39 Å². The summed E-state index contributed by atoms with van der Waals surface area (Å²) in [4.78, 5) is 10.4. The van der Waals surface area contributed by atoms with Gasteiger partial charge in [0.05, 0.1) is 22.7 Å². The van der Waals surface area contributed by atoms with Crippen LogP contribution in [0, 0.1) is 28.5 Å². The summed E-state index contributed by atoms with van der Waals surface area (Å²) in [6.07, 6.45) is 0. The molecule has 0 aliphatic rings.